The Labute approximate surface area is 120 Å². The lowest BCUT2D eigenvalue weighted by Crippen LogP contribution is -1.98. The quantitative estimate of drug-likeness (QED) is 0.781. The molecule has 3 aromatic rings. The number of H-pyrrole nitrogens is 1. The molecule has 0 spiro atoms. The fraction of sp³-hybridized carbons (Fsp3) is 0.143. The van der Waals surface area contributed by atoms with E-state index in [1.165, 1.54) is 11.8 Å². The summed E-state index contributed by atoms with van der Waals surface area (Å²) in [4.78, 5) is 7.67. The van der Waals surface area contributed by atoms with Crippen LogP contribution >= 0.6 is 11.8 Å². The topological polar surface area (TPSA) is 78.2 Å². The van der Waals surface area contributed by atoms with E-state index in [0.717, 1.165) is 22.3 Å². The Morgan fingerprint density at radius 3 is 2.75 bits per heavy atom. The van der Waals surface area contributed by atoms with Gasteiger partial charge in [-0.05, 0) is 43.3 Å². The molecule has 3 rings (SSSR count). The number of nitriles is 1. The van der Waals surface area contributed by atoms with Crippen molar-refractivity contribution in [3.05, 3.63) is 41.1 Å². The fourth-order valence-corrected chi connectivity index (χ4v) is 2.73. The third-order valence-corrected chi connectivity index (χ3v) is 3.96. The smallest absolute Gasteiger partial charge is 0.172 e. The number of fused-ring (bicyclic) bond motifs is 1. The Kier molecular flexibility index (Phi) is 3.12. The van der Waals surface area contributed by atoms with Crippen LogP contribution in [0.2, 0.25) is 0 Å². The van der Waals surface area contributed by atoms with Gasteiger partial charge in [0.1, 0.15) is 11.1 Å². The van der Waals surface area contributed by atoms with Crippen LogP contribution in [0.3, 0.4) is 0 Å². The monoisotopic (exact) mass is 281 g/mol. The van der Waals surface area contributed by atoms with E-state index in [-0.39, 0.29) is 0 Å². The fourth-order valence-electron chi connectivity index (χ4n) is 1.86. The maximum Gasteiger partial charge on any atom is 0.172 e. The predicted octanol–water partition coefficient (Wildman–Crippen LogP) is 2.99. The van der Waals surface area contributed by atoms with Crippen LogP contribution in [0.5, 0.6) is 0 Å². The summed E-state index contributed by atoms with van der Waals surface area (Å²) in [5, 5.41) is 18.7. The standard InChI is InChI=1S/C14H11N5S/c1-8-9(2)18-19-13(10(8)7-15)20-14-16-11-5-3-4-6-12(11)17-14/h3-6H,1-2H3,(H,16,17). The number of para-hydroxylation sites is 2. The molecule has 0 aliphatic heterocycles. The Hall–Kier alpha value is -2.39. The van der Waals surface area contributed by atoms with Crippen LogP contribution in [0.1, 0.15) is 16.8 Å². The lowest BCUT2D eigenvalue weighted by atomic mass is 10.1. The Balaban J connectivity index is 2.03. The first-order valence-corrected chi connectivity index (χ1v) is 6.87. The molecule has 0 aliphatic rings. The van der Waals surface area contributed by atoms with E-state index in [2.05, 4.69) is 26.2 Å². The van der Waals surface area contributed by atoms with Crippen molar-refractivity contribution in [2.45, 2.75) is 24.0 Å². The van der Waals surface area contributed by atoms with E-state index in [1.807, 2.05) is 38.1 Å². The molecule has 0 atom stereocenters. The number of benzene rings is 1. The third kappa shape index (κ3) is 2.12. The summed E-state index contributed by atoms with van der Waals surface area (Å²) in [6.45, 7) is 3.73. The second-order valence-corrected chi connectivity index (χ2v) is 5.34. The van der Waals surface area contributed by atoms with Crippen molar-refractivity contribution in [3.8, 4) is 6.07 Å². The molecule has 5 nitrogen and oxygen atoms in total. The summed E-state index contributed by atoms with van der Waals surface area (Å²) < 4.78 is 0. The van der Waals surface area contributed by atoms with E-state index in [1.54, 1.807) is 0 Å². The minimum Gasteiger partial charge on any atom is -0.333 e. The molecule has 2 heterocycles. The SMILES string of the molecule is Cc1nnc(Sc2nc3ccccc3[nH]2)c(C#N)c1C. The van der Waals surface area contributed by atoms with E-state index >= 15 is 0 Å². The zero-order valence-corrected chi connectivity index (χ0v) is 11.8. The molecule has 1 N–H and O–H groups in total. The van der Waals surface area contributed by atoms with Crippen LogP contribution in [-0.4, -0.2) is 20.2 Å². The van der Waals surface area contributed by atoms with Crippen LogP contribution in [0, 0.1) is 25.2 Å². The zero-order chi connectivity index (χ0) is 14.1. The number of hydrogen-bond donors (Lipinski definition) is 1. The summed E-state index contributed by atoms with van der Waals surface area (Å²) in [6, 6.07) is 9.98. The molecule has 0 bridgehead atoms. The van der Waals surface area contributed by atoms with E-state index in [9.17, 15) is 5.26 Å². The maximum absolute atomic E-state index is 9.28. The highest BCUT2D eigenvalue weighted by Gasteiger charge is 2.14. The second kappa shape index (κ2) is 4.94. The molecule has 20 heavy (non-hydrogen) atoms. The maximum atomic E-state index is 9.28. The summed E-state index contributed by atoms with van der Waals surface area (Å²) >= 11 is 1.32. The van der Waals surface area contributed by atoms with Gasteiger partial charge in [0, 0.05) is 0 Å². The van der Waals surface area contributed by atoms with Crippen LogP contribution in [-0.2, 0) is 0 Å². The Morgan fingerprint density at radius 2 is 2.00 bits per heavy atom. The van der Waals surface area contributed by atoms with Gasteiger partial charge >= 0.3 is 0 Å². The molecule has 2 aromatic heterocycles. The molecule has 0 fully saturated rings. The number of aromatic nitrogens is 4. The molecule has 0 radical (unpaired) electrons. The van der Waals surface area contributed by atoms with Gasteiger partial charge in [0.15, 0.2) is 5.16 Å². The largest absolute Gasteiger partial charge is 0.333 e. The molecule has 0 amide bonds. The summed E-state index contributed by atoms with van der Waals surface area (Å²) in [6.07, 6.45) is 0. The highest BCUT2D eigenvalue weighted by molar-refractivity contribution is 7.99. The number of imidazole rings is 1. The Morgan fingerprint density at radius 1 is 1.20 bits per heavy atom. The first-order chi connectivity index (χ1) is 9.69. The minimum atomic E-state index is 0.558. The average molecular weight is 281 g/mol. The number of rotatable bonds is 2. The zero-order valence-electron chi connectivity index (χ0n) is 11.0. The Bertz CT molecular complexity index is 798. The van der Waals surface area contributed by atoms with Gasteiger partial charge in [0.2, 0.25) is 0 Å². The highest BCUT2D eigenvalue weighted by atomic mass is 32.2. The molecule has 1 aromatic carbocycles. The van der Waals surface area contributed by atoms with Gasteiger partial charge in [-0.25, -0.2) is 4.98 Å². The van der Waals surface area contributed by atoms with Crippen molar-refractivity contribution < 1.29 is 0 Å². The molecule has 0 saturated heterocycles. The first kappa shape index (κ1) is 12.6. The first-order valence-electron chi connectivity index (χ1n) is 6.05. The van der Waals surface area contributed by atoms with Crippen molar-refractivity contribution in [1.82, 2.24) is 20.2 Å². The van der Waals surface area contributed by atoms with Crippen LogP contribution in [0.25, 0.3) is 11.0 Å². The minimum absolute atomic E-state index is 0.558. The number of aromatic amines is 1. The van der Waals surface area contributed by atoms with Gasteiger partial charge in [0.25, 0.3) is 0 Å². The van der Waals surface area contributed by atoms with E-state index in [0.29, 0.717) is 15.7 Å². The summed E-state index contributed by atoms with van der Waals surface area (Å²) in [5.74, 6) is 0. The van der Waals surface area contributed by atoms with E-state index < -0.39 is 0 Å². The molecule has 6 heteroatoms. The van der Waals surface area contributed by atoms with Crippen molar-refractivity contribution in [2.75, 3.05) is 0 Å². The van der Waals surface area contributed by atoms with Gasteiger partial charge in [-0.3, -0.25) is 0 Å². The second-order valence-electron chi connectivity index (χ2n) is 4.36. The van der Waals surface area contributed by atoms with Crippen molar-refractivity contribution in [1.29, 1.82) is 5.26 Å². The number of hydrogen-bond acceptors (Lipinski definition) is 5. The van der Waals surface area contributed by atoms with Gasteiger partial charge in [-0.15, -0.1) is 5.10 Å². The van der Waals surface area contributed by atoms with Crippen LogP contribution in [0.15, 0.2) is 34.4 Å². The average Bonchev–Trinajstić information content (AvgIpc) is 2.85. The van der Waals surface area contributed by atoms with Crippen molar-refractivity contribution in [3.63, 3.8) is 0 Å². The third-order valence-electron chi connectivity index (χ3n) is 3.10. The van der Waals surface area contributed by atoms with Gasteiger partial charge in [0.05, 0.1) is 22.3 Å². The molecular weight excluding hydrogens is 270 g/mol. The molecular formula is C14H11N5S. The normalized spacial score (nSPS) is 10.7. The van der Waals surface area contributed by atoms with Crippen molar-refractivity contribution >= 4 is 22.8 Å². The molecule has 0 unspecified atom stereocenters. The predicted molar refractivity (Wildman–Crippen MR) is 76.4 cm³/mol. The highest BCUT2D eigenvalue weighted by Crippen LogP contribution is 2.29. The van der Waals surface area contributed by atoms with Gasteiger partial charge in [-0.1, -0.05) is 12.1 Å². The number of aryl methyl sites for hydroxylation is 1. The molecule has 0 saturated carbocycles. The summed E-state index contributed by atoms with van der Waals surface area (Å²) in [5.41, 5.74) is 4.05. The van der Waals surface area contributed by atoms with Crippen LogP contribution < -0.4 is 0 Å². The van der Waals surface area contributed by atoms with Crippen molar-refractivity contribution in [2.24, 2.45) is 0 Å². The number of nitrogens with zero attached hydrogens (tertiary/aromatic N) is 4. The molecule has 0 aliphatic carbocycles. The molecule has 98 valence electrons. The van der Waals surface area contributed by atoms with E-state index in [4.69, 9.17) is 0 Å². The lowest BCUT2D eigenvalue weighted by Gasteiger charge is -2.04. The lowest BCUT2D eigenvalue weighted by molar-refractivity contribution is 0.868. The van der Waals surface area contributed by atoms with Gasteiger partial charge in [-0.2, -0.15) is 10.4 Å². The summed E-state index contributed by atoms with van der Waals surface area (Å²) in [7, 11) is 0. The van der Waals surface area contributed by atoms with Crippen LogP contribution in [0.4, 0.5) is 0 Å². The number of nitrogens with one attached hydrogen (secondary N) is 1. The van der Waals surface area contributed by atoms with Gasteiger partial charge < -0.3 is 4.98 Å².